The maximum absolute atomic E-state index is 11.7. The summed E-state index contributed by atoms with van der Waals surface area (Å²) in [5.41, 5.74) is 7.17. The number of aryl methyl sites for hydroxylation is 2. The lowest BCUT2D eigenvalue weighted by molar-refractivity contribution is 0.0474. The van der Waals surface area contributed by atoms with Gasteiger partial charge >= 0.3 is 5.97 Å². The smallest absolute Gasteiger partial charge is 0.358 e. The van der Waals surface area contributed by atoms with E-state index < -0.39 is 0 Å². The predicted octanol–water partition coefficient (Wildman–Crippen LogP) is 0.878. The third kappa shape index (κ3) is 1.95. The standard InChI is InChI=1S/C10H15N3O2/c1-6-8(11)9(13(2)12-6)10(14)15-5-7-3-4-7/h7H,3-5,11H2,1-2H3. The van der Waals surface area contributed by atoms with Gasteiger partial charge in [-0.25, -0.2) is 4.79 Å². The Morgan fingerprint density at radius 1 is 1.67 bits per heavy atom. The van der Waals surface area contributed by atoms with Gasteiger partial charge in [0.2, 0.25) is 0 Å². The maximum atomic E-state index is 11.7. The van der Waals surface area contributed by atoms with Gasteiger partial charge < -0.3 is 10.5 Å². The van der Waals surface area contributed by atoms with E-state index in [1.165, 1.54) is 4.68 Å². The molecule has 5 heteroatoms. The first-order valence-electron chi connectivity index (χ1n) is 5.05. The second kappa shape index (κ2) is 3.56. The largest absolute Gasteiger partial charge is 0.461 e. The minimum atomic E-state index is -0.373. The Kier molecular flexibility index (Phi) is 2.38. The van der Waals surface area contributed by atoms with E-state index in [1.54, 1.807) is 14.0 Å². The number of ether oxygens (including phenoxy) is 1. The molecule has 1 fully saturated rings. The summed E-state index contributed by atoms with van der Waals surface area (Å²) in [4.78, 5) is 11.7. The molecular weight excluding hydrogens is 194 g/mol. The summed E-state index contributed by atoms with van der Waals surface area (Å²) in [6.07, 6.45) is 2.32. The highest BCUT2D eigenvalue weighted by molar-refractivity contribution is 5.93. The number of hydrogen-bond donors (Lipinski definition) is 1. The lowest BCUT2D eigenvalue weighted by Gasteiger charge is -2.04. The topological polar surface area (TPSA) is 70.1 Å². The number of nitrogen functional groups attached to an aromatic ring is 1. The molecule has 2 rings (SSSR count). The van der Waals surface area contributed by atoms with Crippen molar-refractivity contribution in [3.05, 3.63) is 11.4 Å². The van der Waals surface area contributed by atoms with Crippen molar-refractivity contribution >= 4 is 11.7 Å². The summed E-state index contributed by atoms with van der Waals surface area (Å²) in [7, 11) is 1.69. The molecule has 0 radical (unpaired) electrons. The maximum Gasteiger partial charge on any atom is 0.358 e. The van der Waals surface area contributed by atoms with E-state index in [0.29, 0.717) is 29.6 Å². The van der Waals surface area contributed by atoms with Crippen LogP contribution in [0.25, 0.3) is 0 Å². The molecular formula is C10H15N3O2. The van der Waals surface area contributed by atoms with Crippen molar-refractivity contribution in [1.82, 2.24) is 9.78 Å². The Balaban J connectivity index is 2.09. The Hall–Kier alpha value is -1.52. The van der Waals surface area contributed by atoms with Crippen LogP contribution >= 0.6 is 0 Å². The number of carbonyl (C=O) groups is 1. The van der Waals surface area contributed by atoms with Gasteiger partial charge in [-0.2, -0.15) is 5.10 Å². The van der Waals surface area contributed by atoms with Crippen LogP contribution in [0.5, 0.6) is 0 Å². The molecule has 82 valence electrons. The minimum Gasteiger partial charge on any atom is -0.461 e. The van der Waals surface area contributed by atoms with Crippen molar-refractivity contribution < 1.29 is 9.53 Å². The molecule has 1 aromatic heterocycles. The molecule has 0 saturated heterocycles. The average molecular weight is 209 g/mol. The van der Waals surface area contributed by atoms with Crippen LogP contribution in [-0.2, 0) is 11.8 Å². The molecule has 0 bridgehead atoms. The molecule has 1 aliphatic carbocycles. The van der Waals surface area contributed by atoms with E-state index >= 15 is 0 Å². The van der Waals surface area contributed by atoms with E-state index in [1.807, 2.05) is 0 Å². The van der Waals surface area contributed by atoms with Crippen molar-refractivity contribution in [3.8, 4) is 0 Å². The van der Waals surface area contributed by atoms with Crippen molar-refractivity contribution in [1.29, 1.82) is 0 Å². The zero-order chi connectivity index (χ0) is 11.0. The molecule has 1 aromatic rings. The van der Waals surface area contributed by atoms with Crippen LogP contribution in [0, 0.1) is 12.8 Å². The summed E-state index contributed by atoms with van der Waals surface area (Å²) in [5, 5.41) is 4.07. The normalized spacial score (nSPS) is 15.3. The molecule has 0 atom stereocenters. The summed E-state index contributed by atoms with van der Waals surface area (Å²) < 4.78 is 6.62. The number of nitrogens with zero attached hydrogens (tertiary/aromatic N) is 2. The summed E-state index contributed by atoms with van der Waals surface area (Å²) in [5.74, 6) is 0.187. The van der Waals surface area contributed by atoms with Crippen LogP contribution in [0.15, 0.2) is 0 Å². The first kappa shape index (κ1) is 10.0. The number of nitrogens with two attached hydrogens (primary N) is 1. The summed E-state index contributed by atoms with van der Waals surface area (Å²) >= 11 is 0. The van der Waals surface area contributed by atoms with Gasteiger partial charge in [-0.15, -0.1) is 0 Å². The van der Waals surface area contributed by atoms with Crippen molar-refractivity contribution in [2.45, 2.75) is 19.8 Å². The van der Waals surface area contributed by atoms with E-state index in [4.69, 9.17) is 10.5 Å². The Labute approximate surface area is 88.2 Å². The van der Waals surface area contributed by atoms with Crippen LogP contribution in [0.1, 0.15) is 29.0 Å². The Morgan fingerprint density at radius 3 is 2.80 bits per heavy atom. The van der Waals surface area contributed by atoms with Gasteiger partial charge in [0.05, 0.1) is 18.0 Å². The van der Waals surface area contributed by atoms with Crippen LogP contribution in [0.2, 0.25) is 0 Å². The molecule has 2 N–H and O–H groups in total. The Morgan fingerprint density at radius 2 is 2.33 bits per heavy atom. The van der Waals surface area contributed by atoms with Gasteiger partial charge in [0.15, 0.2) is 5.69 Å². The van der Waals surface area contributed by atoms with Crippen molar-refractivity contribution in [3.63, 3.8) is 0 Å². The number of esters is 1. The highest BCUT2D eigenvalue weighted by Gasteiger charge is 2.25. The van der Waals surface area contributed by atoms with Gasteiger partial charge in [0, 0.05) is 7.05 Å². The quantitative estimate of drug-likeness (QED) is 0.750. The SMILES string of the molecule is Cc1nn(C)c(C(=O)OCC2CC2)c1N. The van der Waals surface area contributed by atoms with Crippen LogP contribution in [0.3, 0.4) is 0 Å². The molecule has 1 saturated carbocycles. The first-order valence-corrected chi connectivity index (χ1v) is 5.05. The fraction of sp³-hybridized carbons (Fsp3) is 0.600. The van der Waals surface area contributed by atoms with Gasteiger partial charge in [0.25, 0.3) is 0 Å². The first-order chi connectivity index (χ1) is 7.09. The molecule has 1 aliphatic rings. The molecule has 0 spiro atoms. The molecule has 0 amide bonds. The van der Waals surface area contributed by atoms with Crippen molar-refractivity contribution in [2.75, 3.05) is 12.3 Å². The molecule has 0 aliphatic heterocycles. The van der Waals surface area contributed by atoms with Crippen molar-refractivity contribution in [2.24, 2.45) is 13.0 Å². The third-order valence-corrected chi connectivity index (χ3v) is 2.61. The molecule has 0 aromatic carbocycles. The second-order valence-electron chi connectivity index (χ2n) is 4.01. The highest BCUT2D eigenvalue weighted by Crippen LogP contribution is 2.29. The lowest BCUT2D eigenvalue weighted by Crippen LogP contribution is -2.14. The Bertz CT molecular complexity index is 394. The monoisotopic (exact) mass is 209 g/mol. The molecule has 5 nitrogen and oxygen atoms in total. The number of aromatic nitrogens is 2. The van der Waals surface area contributed by atoms with Gasteiger partial charge in [0.1, 0.15) is 0 Å². The fourth-order valence-electron chi connectivity index (χ4n) is 1.46. The van der Waals surface area contributed by atoms with E-state index in [-0.39, 0.29) is 5.97 Å². The number of hydrogen-bond acceptors (Lipinski definition) is 4. The van der Waals surface area contributed by atoms with E-state index in [2.05, 4.69) is 5.10 Å². The summed E-state index contributed by atoms with van der Waals surface area (Å²) in [6.45, 7) is 2.27. The predicted molar refractivity (Wildman–Crippen MR) is 55.4 cm³/mol. The van der Waals surface area contributed by atoms with E-state index in [9.17, 15) is 4.79 Å². The third-order valence-electron chi connectivity index (χ3n) is 2.61. The fourth-order valence-corrected chi connectivity index (χ4v) is 1.46. The van der Waals surface area contributed by atoms with Gasteiger partial charge in [-0.1, -0.05) is 0 Å². The number of carbonyl (C=O) groups excluding carboxylic acids is 1. The van der Waals surface area contributed by atoms with Gasteiger partial charge in [-0.05, 0) is 25.7 Å². The van der Waals surface area contributed by atoms with E-state index in [0.717, 1.165) is 12.8 Å². The molecule has 15 heavy (non-hydrogen) atoms. The zero-order valence-corrected chi connectivity index (χ0v) is 8.99. The zero-order valence-electron chi connectivity index (χ0n) is 8.99. The molecule has 0 unspecified atom stereocenters. The highest BCUT2D eigenvalue weighted by atomic mass is 16.5. The van der Waals surface area contributed by atoms with Crippen LogP contribution in [0.4, 0.5) is 5.69 Å². The molecule has 1 heterocycles. The minimum absolute atomic E-state index is 0.355. The average Bonchev–Trinajstić information content (AvgIpc) is 2.94. The summed E-state index contributed by atoms with van der Waals surface area (Å²) in [6, 6.07) is 0. The van der Waals surface area contributed by atoms with Crippen LogP contribution < -0.4 is 5.73 Å². The van der Waals surface area contributed by atoms with Gasteiger partial charge in [-0.3, -0.25) is 4.68 Å². The number of rotatable bonds is 3. The lowest BCUT2D eigenvalue weighted by atomic mass is 10.3. The number of anilines is 1. The second-order valence-corrected chi connectivity index (χ2v) is 4.01. The van der Waals surface area contributed by atoms with Crippen LogP contribution in [-0.4, -0.2) is 22.4 Å².